The second-order valence-corrected chi connectivity index (χ2v) is 9.19. The molecule has 0 aromatic heterocycles. The topological polar surface area (TPSA) is 38.8 Å². The molecule has 3 saturated heterocycles. The molecule has 1 atom stereocenters. The van der Waals surface area contributed by atoms with E-state index in [4.69, 9.17) is 9.47 Å². The van der Waals surface area contributed by atoms with Gasteiger partial charge in [-0.3, -0.25) is 4.79 Å². The molecular formula is C16H27NO3S2. The summed E-state index contributed by atoms with van der Waals surface area (Å²) in [5.41, 5.74) is 0. The van der Waals surface area contributed by atoms with Crippen LogP contribution in [-0.4, -0.2) is 54.4 Å². The lowest BCUT2D eigenvalue weighted by Crippen LogP contribution is -2.41. The minimum atomic E-state index is -0.0148. The number of carbonyl (C=O) groups excluding carboxylic acids is 1. The molecule has 3 aliphatic rings. The van der Waals surface area contributed by atoms with E-state index in [-0.39, 0.29) is 6.29 Å². The molecule has 22 heavy (non-hydrogen) atoms. The van der Waals surface area contributed by atoms with Crippen molar-refractivity contribution in [1.82, 2.24) is 4.90 Å². The van der Waals surface area contributed by atoms with Crippen LogP contribution in [0.15, 0.2) is 0 Å². The van der Waals surface area contributed by atoms with E-state index in [9.17, 15) is 4.79 Å². The van der Waals surface area contributed by atoms with Gasteiger partial charge in [-0.25, -0.2) is 0 Å². The number of amides is 1. The zero-order valence-corrected chi connectivity index (χ0v) is 14.8. The molecule has 3 fully saturated rings. The molecule has 0 aliphatic carbocycles. The average Bonchev–Trinajstić information content (AvgIpc) is 3.25. The number of piperidine rings is 1. The van der Waals surface area contributed by atoms with Gasteiger partial charge < -0.3 is 14.4 Å². The Kier molecular flexibility index (Phi) is 6.78. The Balaban J connectivity index is 1.28. The molecule has 0 spiro atoms. The summed E-state index contributed by atoms with van der Waals surface area (Å²) in [4.78, 5) is 14.3. The van der Waals surface area contributed by atoms with Crippen molar-refractivity contribution in [3.63, 3.8) is 0 Å². The van der Waals surface area contributed by atoms with Crippen LogP contribution in [0.2, 0.25) is 0 Å². The standard InChI is InChI=1S/C16H27NO3S2/c18-15(4-2-1-3-14-7-12-21-22-14)17-8-5-13(6-9-17)16-19-10-11-20-16/h13-14,16H,1-12H2. The minimum Gasteiger partial charge on any atom is -0.350 e. The predicted octanol–water partition coefficient (Wildman–Crippen LogP) is 3.31. The van der Waals surface area contributed by atoms with E-state index < -0.39 is 0 Å². The van der Waals surface area contributed by atoms with E-state index in [2.05, 4.69) is 0 Å². The Bertz CT molecular complexity index is 349. The van der Waals surface area contributed by atoms with Crippen molar-refractivity contribution in [3.05, 3.63) is 0 Å². The van der Waals surface area contributed by atoms with Crippen LogP contribution in [0.4, 0.5) is 0 Å². The summed E-state index contributed by atoms with van der Waals surface area (Å²) in [6.07, 6.45) is 7.63. The lowest BCUT2D eigenvalue weighted by atomic mass is 9.96. The predicted molar refractivity (Wildman–Crippen MR) is 91.9 cm³/mol. The molecule has 3 aliphatic heterocycles. The molecule has 0 aromatic carbocycles. The second kappa shape index (κ2) is 8.81. The van der Waals surface area contributed by atoms with Crippen LogP contribution in [0.5, 0.6) is 0 Å². The van der Waals surface area contributed by atoms with Gasteiger partial charge in [-0.05, 0) is 32.1 Å². The fourth-order valence-electron chi connectivity index (χ4n) is 3.44. The molecule has 4 nitrogen and oxygen atoms in total. The second-order valence-electron chi connectivity index (χ2n) is 6.40. The number of nitrogens with zero attached hydrogens (tertiary/aromatic N) is 1. The van der Waals surface area contributed by atoms with Crippen molar-refractivity contribution >= 4 is 27.5 Å². The summed E-state index contributed by atoms with van der Waals surface area (Å²) < 4.78 is 11.2. The monoisotopic (exact) mass is 345 g/mol. The van der Waals surface area contributed by atoms with Crippen LogP contribution < -0.4 is 0 Å². The fourth-order valence-corrected chi connectivity index (χ4v) is 6.47. The number of likely N-dealkylation sites (tertiary alicyclic amines) is 1. The van der Waals surface area contributed by atoms with Crippen LogP contribution in [0.1, 0.15) is 44.9 Å². The number of hydrogen-bond acceptors (Lipinski definition) is 5. The zero-order valence-electron chi connectivity index (χ0n) is 13.2. The van der Waals surface area contributed by atoms with Gasteiger partial charge in [-0.15, -0.1) is 0 Å². The Labute approximate surface area is 141 Å². The molecule has 0 N–H and O–H groups in total. The first-order valence-corrected chi connectivity index (χ1v) is 11.0. The Hall–Kier alpha value is 0.0900. The highest BCUT2D eigenvalue weighted by atomic mass is 33.1. The van der Waals surface area contributed by atoms with Crippen LogP contribution in [-0.2, 0) is 14.3 Å². The third-order valence-electron chi connectivity index (χ3n) is 4.82. The van der Waals surface area contributed by atoms with Gasteiger partial charge in [0.05, 0.1) is 13.2 Å². The van der Waals surface area contributed by atoms with E-state index in [1.807, 2.05) is 26.5 Å². The van der Waals surface area contributed by atoms with Crippen molar-refractivity contribution < 1.29 is 14.3 Å². The molecule has 0 saturated carbocycles. The lowest BCUT2D eigenvalue weighted by molar-refractivity contribution is -0.137. The number of rotatable bonds is 6. The van der Waals surface area contributed by atoms with Crippen LogP contribution in [0, 0.1) is 5.92 Å². The summed E-state index contributed by atoms with van der Waals surface area (Å²) in [6, 6.07) is 0. The van der Waals surface area contributed by atoms with Crippen LogP contribution in [0.25, 0.3) is 0 Å². The van der Waals surface area contributed by atoms with E-state index in [1.165, 1.54) is 25.0 Å². The molecule has 0 radical (unpaired) electrons. The van der Waals surface area contributed by atoms with Crippen molar-refractivity contribution in [3.8, 4) is 0 Å². The third-order valence-corrected chi connectivity index (χ3v) is 7.83. The molecule has 0 aromatic rings. The molecule has 1 unspecified atom stereocenters. The maximum absolute atomic E-state index is 12.3. The number of hydrogen-bond donors (Lipinski definition) is 0. The average molecular weight is 346 g/mol. The highest BCUT2D eigenvalue weighted by Gasteiger charge is 2.31. The van der Waals surface area contributed by atoms with Crippen molar-refractivity contribution in [1.29, 1.82) is 0 Å². The summed E-state index contributed by atoms with van der Waals surface area (Å²) in [6.45, 7) is 3.20. The quantitative estimate of drug-likeness (QED) is 0.545. The van der Waals surface area contributed by atoms with Gasteiger partial charge in [-0.2, -0.15) is 0 Å². The van der Waals surface area contributed by atoms with Gasteiger partial charge in [0.25, 0.3) is 0 Å². The molecule has 0 bridgehead atoms. The molecule has 6 heteroatoms. The van der Waals surface area contributed by atoms with Gasteiger partial charge in [0.15, 0.2) is 6.29 Å². The molecule has 126 valence electrons. The van der Waals surface area contributed by atoms with E-state index in [1.54, 1.807) is 0 Å². The lowest BCUT2D eigenvalue weighted by Gasteiger charge is -2.34. The number of carbonyl (C=O) groups is 1. The van der Waals surface area contributed by atoms with Crippen LogP contribution >= 0.6 is 21.6 Å². The highest BCUT2D eigenvalue weighted by molar-refractivity contribution is 8.77. The zero-order chi connectivity index (χ0) is 15.2. The van der Waals surface area contributed by atoms with Gasteiger partial charge in [-0.1, -0.05) is 28.0 Å². The summed E-state index contributed by atoms with van der Waals surface area (Å²) in [5.74, 6) is 2.13. The molecule has 1 amide bonds. The fraction of sp³-hybridized carbons (Fsp3) is 0.938. The van der Waals surface area contributed by atoms with Gasteiger partial charge in [0.2, 0.25) is 5.91 Å². The summed E-state index contributed by atoms with van der Waals surface area (Å²) in [7, 11) is 4.04. The maximum atomic E-state index is 12.3. The van der Waals surface area contributed by atoms with Gasteiger partial charge in [0.1, 0.15) is 0 Å². The highest BCUT2D eigenvalue weighted by Crippen LogP contribution is 2.39. The SMILES string of the molecule is O=C(CCCCC1CCSS1)N1CCC(C2OCCO2)CC1. The van der Waals surface area contributed by atoms with Gasteiger partial charge in [0, 0.05) is 36.4 Å². The van der Waals surface area contributed by atoms with Gasteiger partial charge >= 0.3 is 0 Å². The number of ether oxygens (including phenoxy) is 2. The van der Waals surface area contributed by atoms with Crippen molar-refractivity contribution in [2.75, 3.05) is 32.1 Å². The largest absolute Gasteiger partial charge is 0.350 e. The Morgan fingerprint density at radius 2 is 1.86 bits per heavy atom. The normalized spacial score (nSPS) is 27.6. The minimum absolute atomic E-state index is 0.0148. The first-order valence-electron chi connectivity index (χ1n) is 8.62. The molecule has 3 rings (SSSR count). The summed E-state index contributed by atoms with van der Waals surface area (Å²) in [5, 5.41) is 0.835. The number of unbranched alkanes of at least 4 members (excludes halogenated alkanes) is 1. The Morgan fingerprint density at radius 3 is 2.55 bits per heavy atom. The smallest absolute Gasteiger partial charge is 0.222 e. The third kappa shape index (κ3) is 4.79. The summed E-state index contributed by atoms with van der Waals surface area (Å²) >= 11 is 0. The van der Waals surface area contributed by atoms with Crippen molar-refractivity contribution in [2.24, 2.45) is 5.92 Å². The first-order chi connectivity index (χ1) is 10.8. The molecule has 3 heterocycles. The maximum Gasteiger partial charge on any atom is 0.222 e. The van der Waals surface area contributed by atoms with E-state index in [0.717, 1.165) is 57.2 Å². The van der Waals surface area contributed by atoms with E-state index >= 15 is 0 Å². The molecular weight excluding hydrogens is 318 g/mol. The van der Waals surface area contributed by atoms with Crippen LogP contribution in [0.3, 0.4) is 0 Å². The van der Waals surface area contributed by atoms with E-state index in [0.29, 0.717) is 11.8 Å². The first kappa shape index (κ1) is 16.9. The van der Waals surface area contributed by atoms with Crippen molar-refractivity contribution in [2.45, 2.75) is 56.5 Å². The Morgan fingerprint density at radius 1 is 1.09 bits per heavy atom.